The lowest BCUT2D eigenvalue weighted by Gasteiger charge is -2.40. The van der Waals surface area contributed by atoms with Crippen molar-refractivity contribution in [1.29, 1.82) is 0 Å². The summed E-state index contributed by atoms with van der Waals surface area (Å²) in [6, 6.07) is 0.373. The van der Waals surface area contributed by atoms with Crippen molar-refractivity contribution in [3.05, 3.63) is 0 Å². The van der Waals surface area contributed by atoms with E-state index in [4.69, 9.17) is 4.74 Å². The van der Waals surface area contributed by atoms with Gasteiger partial charge in [-0.1, -0.05) is 0 Å². The predicted molar refractivity (Wildman–Crippen MR) is 64.7 cm³/mol. The molecule has 0 spiro atoms. The van der Waals surface area contributed by atoms with E-state index in [0.717, 1.165) is 51.9 Å². The van der Waals surface area contributed by atoms with Gasteiger partial charge in [-0.3, -0.25) is 4.79 Å². The average Bonchev–Trinajstić information content (AvgIpc) is 2.87. The molecule has 1 amide bonds. The summed E-state index contributed by atoms with van der Waals surface area (Å²) in [6.45, 7) is 3.47. The number of carbonyl (C=O) groups is 1. The minimum atomic E-state index is 0.211. The molecule has 0 aromatic rings. The maximum atomic E-state index is 12.5. The lowest BCUT2D eigenvalue weighted by molar-refractivity contribution is -0.148. The van der Waals surface area contributed by atoms with Crippen LogP contribution in [0.3, 0.4) is 0 Å². The highest BCUT2D eigenvalue weighted by atomic mass is 16.5. The molecule has 1 aliphatic carbocycles. The van der Waals surface area contributed by atoms with Gasteiger partial charge in [0.2, 0.25) is 5.91 Å². The highest BCUT2D eigenvalue weighted by molar-refractivity contribution is 5.79. The summed E-state index contributed by atoms with van der Waals surface area (Å²) in [5.74, 6) is 0.584. The third kappa shape index (κ3) is 2.20. The lowest BCUT2D eigenvalue weighted by atomic mass is 9.96. The third-order valence-electron chi connectivity index (χ3n) is 4.41. The summed E-state index contributed by atoms with van der Waals surface area (Å²) < 4.78 is 5.76. The average molecular weight is 238 g/mol. The Hall–Kier alpha value is -0.610. The molecule has 0 aromatic heterocycles. The number of morpholine rings is 1. The van der Waals surface area contributed by atoms with E-state index in [2.05, 4.69) is 10.2 Å². The number of piperidine rings is 1. The van der Waals surface area contributed by atoms with E-state index in [9.17, 15) is 4.79 Å². The van der Waals surface area contributed by atoms with E-state index < -0.39 is 0 Å². The van der Waals surface area contributed by atoms with E-state index in [0.29, 0.717) is 18.1 Å². The van der Waals surface area contributed by atoms with Crippen molar-refractivity contribution >= 4 is 5.91 Å². The van der Waals surface area contributed by atoms with Gasteiger partial charge in [-0.2, -0.15) is 0 Å². The molecule has 2 saturated heterocycles. The topological polar surface area (TPSA) is 41.6 Å². The van der Waals surface area contributed by atoms with E-state index in [1.165, 1.54) is 6.42 Å². The number of ether oxygens (including phenoxy) is 1. The number of nitrogens with one attached hydrogen (secondary N) is 1. The molecule has 4 nitrogen and oxygen atoms in total. The van der Waals surface area contributed by atoms with Crippen molar-refractivity contribution in [3.63, 3.8) is 0 Å². The van der Waals surface area contributed by atoms with Gasteiger partial charge >= 0.3 is 0 Å². The van der Waals surface area contributed by atoms with Crippen LogP contribution < -0.4 is 5.32 Å². The Morgan fingerprint density at radius 3 is 3.00 bits per heavy atom. The molecule has 4 heteroatoms. The molecule has 3 rings (SSSR count). The van der Waals surface area contributed by atoms with Gasteiger partial charge in [-0.05, 0) is 38.6 Å². The molecule has 0 bridgehead atoms. The fourth-order valence-corrected chi connectivity index (χ4v) is 3.50. The first-order valence-corrected chi connectivity index (χ1v) is 6.99. The summed E-state index contributed by atoms with van der Waals surface area (Å²) in [4.78, 5) is 14.6. The van der Waals surface area contributed by atoms with Gasteiger partial charge < -0.3 is 15.0 Å². The van der Waals surface area contributed by atoms with Crippen LogP contribution in [0.25, 0.3) is 0 Å². The molecule has 17 heavy (non-hydrogen) atoms. The molecule has 1 saturated carbocycles. The molecule has 96 valence electrons. The zero-order chi connectivity index (χ0) is 11.7. The van der Waals surface area contributed by atoms with Crippen LogP contribution in [0.5, 0.6) is 0 Å². The predicted octanol–water partition coefficient (Wildman–Crippen LogP) is 0.766. The largest absolute Gasteiger partial charge is 0.374 e. The Morgan fingerprint density at radius 1 is 1.24 bits per heavy atom. The van der Waals surface area contributed by atoms with Crippen molar-refractivity contribution in [1.82, 2.24) is 10.2 Å². The van der Waals surface area contributed by atoms with E-state index in [1.54, 1.807) is 0 Å². The monoisotopic (exact) mass is 238 g/mol. The minimum Gasteiger partial charge on any atom is -0.374 e. The highest BCUT2D eigenvalue weighted by Crippen LogP contribution is 2.31. The second kappa shape index (κ2) is 4.94. The fourth-order valence-electron chi connectivity index (χ4n) is 3.50. The zero-order valence-corrected chi connectivity index (χ0v) is 10.4. The van der Waals surface area contributed by atoms with Crippen LogP contribution in [0.15, 0.2) is 0 Å². The Kier molecular flexibility index (Phi) is 3.34. The van der Waals surface area contributed by atoms with Gasteiger partial charge in [0.25, 0.3) is 0 Å². The minimum absolute atomic E-state index is 0.211. The Bertz CT molecular complexity index is 289. The number of carbonyl (C=O) groups excluding carboxylic acids is 1. The number of amides is 1. The van der Waals surface area contributed by atoms with Gasteiger partial charge in [0.05, 0.1) is 24.7 Å². The molecule has 3 atom stereocenters. The highest BCUT2D eigenvalue weighted by Gasteiger charge is 2.40. The first kappa shape index (κ1) is 11.5. The van der Waals surface area contributed by atoms with Gasteiger partial charge in [-0.15, -0.1) is 0 Å². The summed E-state index contributed by atoms with van der Waals surface area (Å²) in [7, 11) is 0. The van der Waals surface area contributed by atoms with E-state index in [1.807, 2.05) is 0 Å². The first-order valence-electron chi connectivity index (χ1n) is 6.99. The summed E-state index contributed by atoms with van der Waals surface area (Å²) in [5.41, 5.74) is 0. The maximum absolute atomic E-state index is 12.5. The second-order valence-electron chi connectivity index (χ2n) is 5.48. The van der Waals surface area contributed by atoms with Crippen molar-refractivity contribution in [2.45, 2.75) is 44.2 Å². The normalized spacial score (nSPS) is 37.9. The zero-order valence-electron chi connectivity index (χ0n) is 10.4. The standard InChI is InChI=1S/C13H22N2O2/c16-13(10-3-2-6-14-9-10)15-7-8-17-12-5-1-4-11(12)15/h10-12,14H,1-9H2/t10-,11?,12?/m0/s1. The molecular weight excluding hydrogens is 216 g/mol. The number of nitrogens with zero attached hydrogens (tertiary/aromatic N) is 1. The molecule has 2 heterocycles. The van der Waals surface area contributed by atoms with Crippen molar-refractivity contribution in [2.24, 2.45) is 5.92 Å². The molecule has 0 radical (unpaired) electrons. The molecular formula is C13H22N2O2. The SMILES string of the molecule is O=C([C@H]1CCCNC1)N1CCOC2CCCC21. The van der Waals surface area contributed by atoms with Crippen molar-refractivity contribution in [3.8, 4) is 0 Å². The van der Waals surface area contributed by atoms with E-state index >= 15 is 0 Å². The van der Waals surface area contributed by atoms with Crippen LogP contribution in [0.1, 0.15) is 32.1 Å². The second-order valence-corrected chi connectivity index (χ2v) is 5.48. The third-order valence-corrected chi connectivity index (χ3v) is 4.41. The first-order chi connectivity index (χ1) is 8.36. The quantitative estimate of drug-likeness (QED) is 0.733. The van der Waals surface area contributed by atoms with Crippen LogP contribution in [-0.4, -0.2) is 49.2 Å². The number of fused-ring (bicyclic) bond motifs is 1. The van der Waals surface area contributed by atoms with Gasteiger partial charge in [0.15, 0.2) is 0 Å². The Balaban J connectivity index is 1.67. The van der Waals surface area contributed by atoms with Crippen LogP contribution in [0, 0.1) is 5.92 Å². The maximum Gasteiger partial charge on any atom is 0.227 e. The van der Waals surface area contributed by atoms with Crippen LogP contribution in [0.4, 0.5) is 0 Å². The molecule has 0 aromatic carbocycles. The molecule has 2 unspecified atom stereocenters. The van der Waals surface area contributed by atoms with Crippen LogP contribution >= 0.6 is 0 Å². The smallest absolute Gasteiger partial charge is 0.227 e. The van der Waals surface area contributed by atoms with Crippen LogP contribution in [-0.2, 0) is 9.53 Å². The summed E-state index contributed by atoms with van der Waals surface area (Å²) in [6.07, 6.45) is 6.00. The summed E-state index contributed by atoms with van der Waals surface area (Å²) >= 11 is 0. The fraction of sp³-hybridized carbons (Fsp3) is 0.923. The lowest BCUT2D eigenvalue weighted by Crippen LogP contribution is -2.54. The van der Waals surface area contributed by atoms with Gasteiger partial charge in [0, 0.05) is 13.1 Å². The van der Waals surface area contributed by atoms with Crippen molar-refractivity contribution in [2.75, 3.05) is 26.2 Å². The van der Waals surface area contributed by atoms with E-state index in [-0.39, 0.29) is 5.92 Å². The van der Waals surface area contributed by atoms with Crippen molar-refractivity contribution < 1.29 is 9.53 Å². The molecule has 3 fully saturated rings. The molecule has 1 N–H and O–H groups in total. The number of rotatable bonds is 1. The molecule has 2 aliphatic heterocycles. The Morgan fingerprint density at radius 2 is 2.18 bits per heavy atom. The Labute approximate surface area is 103 Å². The number of hydrogen-bond donors (Lipinski definition) is 1. The number of hydrogen-bond acceptors (Lipinski definition) is 3. The van der Waals surface area contributed by atoms with Gasteiger partial charge in [-0.25, -0.2) is 0 Å². The summed E-state index contributed by atoms with van der Waals surface area (Å²) in [5, 5.41) is 3.34. The molecule has 3 aliphatic rings. The van der Waals surface area contributed by atoms with Crippen LogP contribution in [0.2, 0.25) is 0 Å². The van der Waals surface area contributed by atoms with Gasteiger partial charge in [0.1, 0.15) is 0 Å².